The summed E-state index contributed by atoms with van der Waals surface area (Å²) < 4.78 is 5.92. The molecular weight excluding hydrogens is 184 g/mol. The van der Waals surface area contributed by atoms with Gasteiger partial charge in [0.25, 0.3) is 0 Å². The van der Waals surface area contributed by atoms with Gasteiger partial charge in [-0.3, -0.25) is 4.79 Å². The molecule has 0 saturated heterocycles. The van der Waals surface area contributed by atoms with Crippen LogP contribution in [0.1, 0.15) is 25.7 Å². The minimum absolute atomic E-state index is 0.0625. The lowest BCUT2D eigenvalue weighted by Gasteiger charge is -1.94. The molecule has 5 nitrogen and oxygen atoms in total. The summed E-state index contributed by atoms with van der Waals surface area (Å²) in [5, 5.41) is 3.90. The molecule has 0 bridgehead atoms. The molecule has 1 heterocycles. The molecule has 0 radical (unpaired) electrons. The summed E-state index contributed by atoms with van der Waals surface area (Å²) in [6.07, 6.45) is 2.47. The van der Waals surface area contributed by atoms with E-state index in [0.717, 1.165) is 17.5 Å². The lowest BCUT2D eigenvalue weighted by Crippen LogP contribution is -2.22. The van der Waals surface area contributed by atoms with Crippen LogP contribution < -0.4 is 5.76 Å². The SMILES string of the molecule is CCc1nn(CC(=O)C2CC2)c(=O)o1. The fourth-order valence-corrected chi connectivity index (χ4v) is 1.27. The second-order valence-corrected chi connectivity index (χ2v) is 3.51. The van der Waals surface area contributed by atoms with Crippen LogP contribution >= 0.6 is 0 Å². The van der Waals surface area contributed by atoms with Gasteiger partial charge in [-0.05, 0) is 12.8 Å². The first-order chi connectivity index (χ1) is 6.70. The van der Waals surface area contributed by atoms with Crippen molar-refractivity contribution in [2.24, 2.45) is 5.92 Å². The number of rotatable bonds is 4. The summed E-state index contributed by atoms with van der Waals surface area (Å²) in [4.78, 5) is 22.5. The van der Waals surface area contributed by atoms with E-state index >= 15 is 0 Å². The highest BCUT2D eigenvalue weighted by Gasteiger charge is 2.30. The maximum absolute atomic E-state index is 11.4. The van der Waals surface area contributed by atoms with Crippen molar-refractivity contribution in [2.75, 3.05) is 0 Å². The minimum atomic E-state index is -0.532. The minimum Gasteiger partial charge on any atom is -0.392 e. The van der Waals surface area contributed by atoms with E-state index in [9.17, 15) is 9.59 Å². The van der Waals surface area contributed by atoms with Gasteiger partial charge in [-0.15, -0.1) is 5.10 Å². The normalized spacial score (nSPS) is 15.8. The Morgan fingerprint density at radius 2 is 2.36 bits per heavy atom. The standard InChI is InChI=1S/C9H12N2O3/c1-2-8-10-11(9(13)14-8)5-7(12)6-3-4-6/h6H,2-5H2,1H3. The van der Waals surface area contributed by atoms with E-state index in [1.807, 2.05) is 6.92 Å². The van der Waals surface area contributed by atoms with Gasteiger partial charge >= 0.3 is 5.76 Å². The topological polar surface area (TPSA) is 65.1 Å². The molecule has 1 saturated carbocycles. The largest absolute Gasteiger partial charge is 0.437 e. The van der Waals surface area contributed by atoms with E-state index in [4.69, 9.17) is 4.42 Å². The molecule has 0 atom stereocenters. The van der Waals surface area contributed by atoms with Crippen LogP contribution in [-0.4, -0.2) is 15.6 Å². The van der Waals surface area contributed by atoms with Crippen LogP contribution in [0.25, 0.3) is 0 Å². The number of hydrogen-bond donors (Lipinski definition) is 0. The fraction of sp³-hybridized carbons (Fsp3) is 0.667. The highest BCUT2D eigenvalue weighted by molar-refractivity contribution is 5.82. The average Bonchev–Trinajstić information content (AvgIpc) is 2.94. The maximum Gasteiger partial charge on any atom is 0.437 e. The highest BCUT2D eigenvalue weighted by Crippen LogP contribution is 2.29. The van der Waals surface area contributed by atoms with Crippen molar-refractivity contribution < 1.29 is 9.21 Å². The van der Waals surface area contributed by atoms with Crippen molar-refractivity contribution in [1.82, 2.24) is 9.78 Å². The number of ketones is 1. The summed E-state index contributed by atoms with van der Waals surface area (Å²) in [5.74, 6) is 0.0983. The summed E-state index contributed by atoms with van der Waals surface area (Å²) in [6.45, 7) is 1.91. The number of carbonyl (C=O) groups is 1. The van der Waals surface area contributed by atoms with E-state index in [1.54, 1.807) is 0 Å². The Kier molecular flexibility index (Phi) is 2.23. The van der Waals surface area contributed by atoms with Gasteiger partial charge in [-0.25, -0.2) is 4.79 Å². The summed E-state index contributed by atoms with van der Waals surface area (Å²) >= 11 is 0. The fourth-order valence-electron chi connectivity index (χ4n) is 1.27. The lowest BCUT2D eigenvalue weighted by molar-refractivity contribution is -0.121. The van der Waals surface area contributed by atoms with Crippen molar-refractivity contribution in [3.8, 4) is 0 Å². The van der Waals surface area contributed by atoms with E-state index in [2.05, 4.69) is 5.10 Å². The zero-order valence-electron chi connectivity index (χ0n) is 8.02. The predicted octanol–water partition coefficient (Wildman–Crippen LogP) is 0.378. The quantitative estimate of drug-likeness (QED) is 0.698. The van der Waals surface area contributed by atoms with Crippen molar-refractivity contribution >= 4 is 5.78 Å². The van der Waals surface area contributed by atoms with Crippen molar-refractivity contribution in [1.29, 1.82) is 0 Å². The van der Waals surface area contributed by atoms with Gasteiger partial charge in [0.15, 0.2) is 5.78 Å². The molecule has 0 aliphatic heterocycles. The molecule has 1 aliphatic rings. The van der Waals surface area contributed by atoms with E-state index in [1.165, 1.54) is 0 Å². The average molecular weight is 196 g/mol. The first-order valence-corrected chi connectivity index (χ1v) is 4.80. The Balaban J connectivity index is 2.11. The molecule has 0 unspecified atom stereocenters. The Morgan fingerprint density at radius 3 is 2.86 bits per heavy atom. The van der Waals surface area contributed by atoms with Crippen LogP contribution in [0.3, 0.4) is 0 Å². The summed E-state index contributed by atoms with van der Waals surface area (Å²) in [7, 11) is 0. The smallest absolute Gasteiger partial charge is 0.392 e. The number of aromatic nitrogens is 2. The van der Waals surface area contributed by atoms with Crippen LogP contribution in [0.15, 0.2) is 9.21 Å². The molecule has 14 heavy (non-hydrogen) atoms. The van der Waals surface area contributed by atoms with E-state index < -0.39 is 5.76 Å². The zero-order valence-corrected chi connectivity index (χ0v) is 8.02. The van der Waals surface area contributed by atoms with E-state index in [-0.39, 0.29) is 18.2 Å². The van der Waals surface area contributed by atoms with Gasteiger partial charge in [0.05, 0.1) is 0 Å². The first-order valence-electron chi connectivity index (χ1n) is 4.80. The van der Waals surface area contributed by atoms with Gasteiger partial charge in [0, 0.05) is 12.3 Å². The number of Topliss-reactive ketones (excluding diaryl/α,β-unsaturated/α-hetero) is 1. The third kappa shape index (κ3) is 1.76. The molecular formula is C9H12N2O3. The van der Waals surface area contributed by atoms with Gasteiger partial charge < -0.3 is 4.42 Å². The molecule has 0 spiro atoms. The highest BCUT2D eigenvalue weighted by atomic mass is 16.4. The second kappa shape index (κ2) is 3.40. The number of carbonyl (C=O) groups excluding carboxylic acids is 1. The van der Waals surface area contributed by atoms with Crippen LogP contribution in [0.4, 0.5) is 0 Å². The molecule has 5 heteroatoms. The van der Waals surface area contributed by atoms with Crippen LogP contribution in [0.2, 0.25) is 0 Å². The van der Waals surface area contributed by atoms with Crippen molar-refractivity contribution in [3.05, 3.63) is 16.4 Å². The van der Waals surface area contributed by atoms with Crippen LogP contribution in [-0.2, 0) is 17.8 Å². The zero-order chi connectivity index (χ0) is 10.1. The van der Waals surface area contributed by atoms with Gasteiger partial charge in [-0.1, -0.05) is 6.92 Å². The molecule has 76 valence electrons. The van der Waals surface area contributed by atoms with Crippen molar-refractivity contribution in [3.63, 3.8) is 0 Å². The monoisotopic (exact) mass is 196 g/mol. The van der Waals surface area contributed by atoms with Crippen molar-refractivity contribution in [2.45, 2.75) is 32.7 Å². The molecule has 1 fully saturated rings. The molecule has 1 aromatic rings. The van der Waals surface area contributed by atoms with Gasteiger partial charge in [-0.2, -0.15) is 4.68 Å². The molecule has 0 N–H and O–H groups in total. The number of nitrogens with zero attached hydrogens (tertiary/aromatic N) is 2. The third-order valence-corrected chi connectivity index (χ3v) is 2.29. The molecule has 0 amide bonds. The summed E-state index contributed by atoms with van der Waals surface area (Å²) in [5.41, 5.74) is 0. The second-order valence-electron chi connectivity index (χ2n) is 3.51. The molecule has 1 aromatic heterocycles. The number of aryl methyl sites for hydroxylation is 1. The Morgan fingerprint density at radius 1 is 1.64 bits per heavy atom. The third-order valence-electron chi connectivity index (χ3n) is 2.29. The first kappa shape index (κ1) is 9.18. The molecule has 2 rings (SSSR count). The van der Waals surface area contributed by atoms with Gasteiger partial charge in [0.2, 0.25) is 5.89 Å². The Bertz CT molecular complexity index is 400. The Hall–Kier alpha value is -1.39. The van der Waals surface area contributed by atoms with Gasteiger partial charge in [0.1, 0.15) is 6.54 Å². The van der Waals surface area contributed by atoms with Crippen LogP contribution in [0, 0.1) is 5.92 Å². The molecule has 1 aliphatic carbocycles. The number of hydrogen-bond acceptors (Lipinski definition) is 4. The summed E-state index contributed by atoms with van der Waals surface area (Å²) in [6, 6.07) is 0. The lowest BCUT2D eigenvalue weighted by atomic mass is 10.3. The maximum atomic E-state index is 11.4. The Labute approximate surface area is 80.7 Å². The van der Waals surface area contributed by atoms with Crippen LogP contribution in [0.5, 0.6) is 0 Å². The van der Waals surface area contributed by atoms with E-state index in [0.29, 0.717) is 12.3 Å². The molecule has 0 aromatic carbocycles. The predicted molar refractivity (Wildman–Crippen MR) is 47.9 cm³/mol.